The number of carbonyl (C=O) groups is 4. The van der Waals surface area contributed by atoms with Gasteiger partial charge in [0.1, 0.15) is 11.7 Å². The van der Waals surface area contributed by atoms with E-state index >= 15 is 0 Å². The number of benzene rings is 1. The highest BCUT2D eigenvalue weighted by Gasteiger charge is 2.45. The zero-order valence-corrected chi connectivity index (χ0v) is 15.2. The number of rotatable bonds is 3. The molecule has 0 aliphatic carbocycles. The predicted octanol–water partition coefficient (Wildman–Crippen LogP) is 0.355. The van der Waals surface area contributed by atoms with Crippen LogP contribution in [0.3, 0.4) is 0 Å². The maximum atomic E-state index is 14.3. The van der Waals surface area contributed by atoms with Gasteiger partial charge in [-0.1, -0.05) is 0 Å². The Kier molecular flexibility index (Phi) is 4.41. The van der Waals surface area contributed by atoms with Gasteiger partial charge in [-0.15, -0.1) is 0 Å². The molecule has 4 amide bonds. The molecule has 0 aromatic heterocycles. The Bertz CT molecular complexity index is 879. The number of alkyl halides is 1. The molecule has 0 saturated carbocycles. The number of nitrogens with two attached hydrogens (primary N) is 1. The third-order valence-corrected chi connectivity index (χ3v) is 5.81. The maximum absolute atomic E-state index is 14.3. The molecular formula is C19H21FN4O4. The fourth-order valence-corrected chi connectivity index (χ4v) is 4.03. The highest BCUT2D eigenvalue weighted by molar-refractivity contribution is 6.23. The molecule has 3 aliphatic rings. The van der Waals surface area contributed by atoms with Crippen LogP contribution in [0, 0.1) is 0 Å². The van der Waals surface area contributed by atoms with E-state index in [-0.39, 0.29) is 30.5 Å². The molecule has 2 fully saturated rings. The van der Waals surface area contributed by atoms with Crippen molar-refractivity contribution in [3.05, 3.63) is 29.3 Å². The van der Waals surface area contributed by atoms with E-state index in [1.54, 1.807) is 18.2 Å². The zero-order chi connectivity index (χ0) is 20.1. The molecule has 0 bridgehead atoms. The lowest BCUT2D eigenvalue weighted by Gasteiger charge is -2.37. The van der Waals surface area contributed by atoms with Crippen molar-refractivity contribution in [2.24, 2.45) is 5.73 Å². The molecule has 3 N–H and O–H groups in total. The van der Waals surface area contributed by atoms with Crippen LogP contribution in [0.5, 0.6) is 0 Å². The normalized spacial score (nSPS) is 24.4. The number of anilines is 1. The van der Waals surface area contributed by atoms with E-state index in [9.17, 15) is 23.6 Å². The summed E-state index contributed by atoms with van der Waals surface area (Å²) in [5.74, 6) is -2.13. The van der Waals surface area contributed by atoms with Crippen molar-refractivity contribution in [2.45, 2.75) is 37.4 Å². The van der Waals surface area contributed by atoms with Crippen LogP contribution < -0.4 is 16.0 Å². The van der Waals surface area contributed by atoms with Crippen LogP contribution in [0.1, 0.15) is 46.4 Å². The van der Waals surface area contributed by atoms with Gasteiger partial charge in [-0.2, -0.15) is 0 Å². The van der Waals surface area contributed by atoms with Gasteiger partial charge >= 0.3 is 0 Å². The molecule has 1 aromatic carbocycles. The van der Waals surface area contributed by atoms with E-state index < -0.39 is 35.3 Å². The second-order valence-corrected chi connectivity index (χ2v) is 7.52. The monoisotopic (exact) mass is 388 g/mol. The molecule has 2 saturated heterocycles. The van der Waals surface area contributed by atoms with E-state index in [0.29, 0.717) is 25.9 Å². The van der Waals surface area contributed by atoms with Crippen LogP contribution in [-0.2, 0) is 9.59 Å². The molecule has 8 nitrogen and oxygen atoms in total. The average Bonchev–Trinajstić information content (AvgIpc) is 2.93. The summed E-state index contributed by atoms with van der Waals surface area (Å²) in [6.07, 6.45) is 0.799. The smallest absolute Gasteiger partial charge is 0.262 e. The number of hydrogen-bond acceptors (Lipinski definition) is 6. The van der Waals surface area contributed by atoms with Crippen LogP contribution >= 0.6 is 0 Å². The van der Waals surface area contributed by atoms with Gasteiger partial charge in [0, 0.05) is 44.6 Å². The summed E-state index contributed by atoms with van der Waals surface area (Å²) in [5.41, 5.74) is 5.33. The van der Waals surface area contributed by atoms with Gasteiger partial charge in [0.15, 0.2) is 0 Å². The lowest BCUT2D eigenvalue weighted by Crippen LogP contribution is -2.54. The van der Waals surface area contributed by atoms with Crippen LogP contribution in [-0.4, -0.2) is 59.9 Å². The summed E-state index contributed by atoms with van der Waals surface area (Å²) < 4.78 is 14.3. The van der Waals surface area contributed by atoms with E-state index in [1.165, 1.54) is 0 Å². The molecule has 1 aromatic rings. The van der Waals surface area contributed by atoms with Crippen molar-refractivity contribution in [2.75, 3.05) is 24.5 Å². The van der Waals surface area contributed by atoms with E-state index in [2.05, 4.69) is 5.32 Å². The maximum Gasteiger partial charge on any atom is 0.262 e. The minimum Gasteiger partial charge on any atom is -0.371 e. The van der Waals surface area contributed by atoms with Crippen LogP contribution in [0.2, 0.25) is 0 Å². The molecule has 1 atom stereocenters. The van der Waals surface area contributed by atoms with Crippen molar-refractivity contribution in [3.63, 3.8) is 0 Å². The van der Waals surface area contributed by atoms with Gasteiger partial charge in [0.25, 0.3) is 11.8 Å². The van der Waals surface area contributed by atoms with Crippen molar-refractivity contribution in [1.82, 2.24) is 10.2 Å². The number of halogens is 1. The molecule has 3 heterocycles. The van der Waals surface area contributed by atoms with Crippen molar-refractivity contribution in [1.29, 1.82) is 0 Å². The molecule has 9 heteroatoms. The van der Waals surface area contributed by atoms with E-state index in [0.717, 1.165) is 10.6 Å². The number of nitrogens with zero attached hydrogens (tertiary/aromatic N) is 2. The third-order valence-electron chi connectivity index (χ3n) is 5.81. The highest BCUT2D eigenvalue weighted by Crippen LogP contribution is 2.33. The lowest BCUT2D eigenvalue weighted by atomic mass is 9.93. The molecule has 3 aliphatic heterocycles. The van der Waals surface area contributed by atoms with Gasteiger partial charge in [0.2, 0.25) is 11.8 Å². The number of fused-ring (bicyclic) bond motifs is 1. The van der Waals surface area contributed by atoms with Crippen LogP contribution in [0.25, 0.3) is 0 Å². The Balaban J connectivity index is 1.56. The van der Waals surface area contributed by atoms with Gasteiger partial charge < -0.3 is 10.6 Å². The number of carbonyl (C=O) groups excluding carboxylic acids is 4. The number of hydrogen-bond donors (Lipinski definition) is 2. The Hall–Kier alpha value is -2.81. The van der Waals surface area contributed by atoms with E-state index in [1.807, 2.05) is 4.90 Å². The summed E-state index contributed by atoms with van der Waals surface area (Å²) in [6.45, 7) is 0.913. The summed E-state index contributed by atoms with van der Waals surface area (Å²) >= 11 is 0. The van der Waals surface area contributed by atoms with Crippen molar-refractivity contribution < 1.29 is 23.6 Å². The van der Waals surface area contributed by atoms with Gasteiger partial charge in [0.05, 0.1) is 11.1 Å². The zero-order valence-electron chi connectivity index (χ0n) is 15.2. The van der Waals surface area contributed by atoms with E-state index in [4.69, 9.17) is 5.73 Å². The Morgan fingerprint density at radius 1 is 1.11 bits per heavy atom. The minimum atomic E-state index is -1.36. The summed E-state index contributed by atoms with van der Waals surface area (Å²) in [6, 6.07) is 3.93. The molecule has 1 unspecified atom stereocenters. The number of piperidine rings is 2. The summed E-state index contributed by atoms with van der Waals surface area (Å²) in [4.78, 5) is 51.9. The highest BCUT2D eigenvalue weighted by atomic mass is 19.1. The molecule has 148 valence electrons. The topological polar surface area (TPSA) is 113 Å². The largest absolute Gasteiger partial charge is 0.371 e. The predicted molar refractivity (Wildman–Crippen MR) is 97.5 cm³/mol. The fraction of sp³-hybridized carbons (Fsp3) is 0.474. The van der Waals surface area contributed by atoms with Crippen LogP contribution in [0.15, 0.2) is 18.2 Å². The molecule has 0 spiro atoms. The molecular weight excluding hydrogens is 367 g/mol. The summed E-state index contributed by atoms with van der Waals surface area (Å²) in [5, 5.41) is 2.17. The minimum absolute atomic E-state index is 0.0149. The molecule has 28 heavy (non-hydrogen) atoms. The Labute approximate surface area is 160 Å². The second-order valence-electron chi connectivity index (χ2n) is 7.52. The second kappa shape index (κ2) is 6.66. The quantitative estimate of drug-likeness (QED) is 0.723. The Morgan fingerprint density at radius 2 is 1.79 bits per heavy atom. The number of amides is 4. The van der Waals surface area contributed by atoms with Gasteiger partial charge in [-0.25, -0.2) is 4.39 Å². The van der Waals surface area contributed by atoms with Crippen molar-refractivity contribution >= 4 is 29.3 Å². The van der Waals surface area contributed by atoms with Gasteiger partial charge in [-0.3, -0.25) is 29.4 Å². The third kappa shape index (κ3) is 2.95. The summed E-state index contributed by atoms with van der Waals surface area (Å²) in [7, 11) is 0. The number of imide groups is 2. The van der Waals surface area contributed by atoms with Crippen LogP contribution in [0.4, 0.5) is 10.1 Å². The van der Waals surface area contributed by atoms with Crippen molar-refractivity contribution in [3.8, 4) is 0 Å². The first-order valence-electron chi connectivity index (χ1n) is 9.32. The lowest BCUT2D eigenvalue weighted by molar-refractivity contribution is -0.136. The molecule has 4 rings (SSSR count). The fourth-order valence-electron chi connectivity index (χ4n) is 4.03. The SMILES string of the molecule is NCC1(F)CCN(c2ccc3c(c2)C(=O)N(C2CCC(=O)NC2=O)C3=O)CC1. The Morgan fingerprint density at radius 3 is 2.43 bits per heavy atom. The van der Waals surface area contributed by atoms with Gasteiger partial charge in [-0.05, 0) is 24.6 Å². The number of nitrogens with one attached hydrogen (secondary N) is 1. The molecule has 0 radical (unpaired) electrons. The first-order chi connectivity index (χ1) is 13.3. The first kappa shape index (κ1) is 18.5. The average molecular weight is 388 g/mol. The standard InChI is InChI=1S/C19H21FN4O4/c20-19(10-21)5-7-23(8-6-19)11-1-2-12-13(9-11)18(28)24(17(12)27)14-3-4-15(25)22-16(14)26/h1-2,9,14H,3-8,10,21H2,(H,22,25,26). The first-order valence-corrected chi connectivity index (χ1v) is 9.32.